The van der Waals surface area contributed by atoms with Crippen molar-refractivity contribution < 1.29 is 25.2 Å². The number of esters is 1. The number of methoxy groups -OCH3 is 2. The van der Waals surface area contributed by atoms with Crippen LogP contribution in [0.3, 0.4) is 0 Å². The van der Waals surface area contributed by atoms with Gasteiger partial charge in [0, 0.05) is 1.37 Å². The van der Waals surface area contributed by atoms with Crippen LogP contribution in [0.1, 0.15) is 33.7 Å². The lowest BCUT2D eigenvalue weighted by atomic mass is 10.1. The van der Waals surface area contributed by atoms with Gasteiger partial charge in [-0.2, -0.15) is 0 Å². The number of benzene rings is 1. The number of hydrogen-bond donors (Lipinski definition) is 1. The van der Waals surface area contributed by atoms with Crippen molar-refractivity contribution in [3.8, 4) is 5.75 Å². The van der Waals surface area contributed by atoms with Crippen LogP contribution in [0.4, 0.5) is 4.79 Å². The van der Waals surface area contributed by atoms with E-state index in [1.807, 2.05) is 0 Å². The Balaban J connectivity index is 2.89. The molecule has 1 amide bonds. The van der Waals surface area contributed by atoms with Crippen molar-refractivity contribution >= 4 is 12.1 Å². The number of ether oxygens (including phenoxy) is 3. The van der Waals surface area contributed by atoms with Crippen LogP contribution in [-0.4, -0.2) is 31.9 Å². The Morgan fingerprint density at radius 3 is 2.33 bits per heavy atom. The van der Waals surface area contributed by atoms with Gasteiger partial charge in [-0.15, -0.1) is 0 Å². The first-order valence-electron chi connectivity index (χ1n) is 7.04. The Morgan fingerprint density at radius 2 is 1.86 bits per heavy atom. The molecule has 0 heterocycles. The van der Waals surface area contributed by atoms with E-state index in [9.17, 15) is 9.59 Å². The zero-order valence-corrected chi connectivity index (χ0v) is 12.6. The van der Waals surface area contributed by atoms with E-state index in [0.717, 1.165) is 0 Å². The predicted octanol–water partition coefficient (Wildman–Crippen LogP) is 2.43. The minimum absolute atomic E-state index is 0.0914. The minimum Gasteiger partial charge on any atom is -0.497 e. The maximum atomic E-state index is 11.9. The third-order valence-electron chi connectivity index (χ3n) is 2.52. The van der Waals surface area contributed by atoms with Crippen LogP contribution in [0.5, 0.6) is 5.75 Å². The molecule has 0 radical (unpaired) electrons. The van der Waals surface area contributed by atoms with Crippen molar-refractivity contribution in [1.29, 1.82) is 0 Å². The summed E-state index contributed by atoms with van der Waals surface area (Å²) in [5.41, 5.74) is -0.404. The van der Waals surface area contributed by atoms with Crippen LogP contribution < -0.4 is 10.1 Å². The molecule has 0 saturated carbocycles. The minimum atomic E-state index is -0.995. The number of nitrogens with one attached hydrogen (secondary N) is 1. The number of rotatable bonds is 4. The molecule has 0 bridgehead atoms. The number of carbonyl (C=O) groups excluding carboxylic acids is 2. The van der Waals surface area contributed by atoms with Crippen LogP contribution in [0.2, 0.25) is 0 Å². The lowest BCUT2D eigenvalue weighted by molar-refractivity contribution is -0.143. The molecule has 0 aliphatic rings. The molecule has 0 saturated heterocycles. The summed E-state index contributed by atoms with van der Waals surface area (Å²) in [6.07, 6.45) is -0.788. The fraction of sp³-hybridized carbons (Fsp3) is 0.467. The fourth-order valence-electron chi connectivity index (χ4n) is 1.59. The summed E-state index contributed by atoms with van der Waals surface area (Å²) in [6, 6.07) is 5.65. The molecule has 1 aromatic carbocycles. The van der Waals surface area contributed by atoms with Gasteiger partial charge >= 0.3 is 12.1 Å². The third-order valence-corrected chi connectivity index (χ3v) is 2.52. The second-order valence-corrected chi connectivity index (χ2v) is 5.02. The van der Waals surface area contributed by atoms with Gasteiger partial charge in [0.15, 0.2) is 6.04 Å². The number of carbonyl (C=O) groups is 2. The zero-order valence-electron chi connectivity index (χ0n) is 13.6. The van der Waals surface area contributed by atoms with E-state index in [-0.39, 0.29) is 6.90 Å². The summed E-state index contributed by atoms with van der Waals surface area (Å²) in [7, 11) is 2.77. The van der Waals surface area contributed by atoms with Crippen LogP contribution in [-0.2, 0) is 14.3 Å². The fourth-order valence-corrected chi connectivity index (χ4v) is 1.59. The molecule has 0 spiro atoms. The molecule has 1 rings (SSSR count). The topological polar surface area (TPSA) is 73.9 Å². The first-order valence-corrected chi connectivity index (χ1v) is 6.33. The van der Waals surface area contributed by atoms with Crippen molar-refractivity contribution in [2.75, 3.05) is 14.2 Å². The number of alkyl carbamates (subject to hydrolysis) is 1. The Hall–Kier alpha value is -2.24. The predicted molar refractivity (Wildman–Crippen MR) is 77.1 cm³/mol. The van der Waals surface area contributed by atoms with E-state index in [1.54, 1.807) is 38.1 Å². The van der Waals surface area contributed by atoms with Gasteiger partial charge in [0.25, 0.3) is 0 Å². The molecule has 21 heavy (non-hydrogen) atoms. The van der Waals surface area contributed by atoms with E-state index in [4.69, 9.17) is 15.6 Å². The zero-order chi connectivity index (χ0) is 16.8. The van der Waals surface area contributed by atoms with Crippen molar-refractivity contribution in [1.82, 2.24) is 5.32 Å². The van der Waals surface area contributed by atoms with E-state index >= 15 is 0 Å². The van der Waals surface area contributed by atoms with Crippen LogP contribution in [0.25, 0.3) is 0 Å². The number of amides is 1. The molecule has 1 unspecified atom stereocenters. The summed E-state index contributed by atoms with van der Waals surface area (Å²) < 4.78 is 22.2. The monoisotopic (exact) mass is 296 g/mol. The average Bonchev–Trinajstić information content (AvgIpc) is 2.51. The van der Waals surface area contributed by atoms with Crippen molar-refractivity contribution in [2.45, 2.75) is 32.4 Å². The van der Waals surface area contributed by atoms with Gasteiger partial charge in [-0.25, -0.2) is 9.59 Å². The second-order valence-electron chi connectivity index (χ2n) is 5.02. The SMILES string of the molecule is [2H]CC(C)(C)OC(=O)NC(C(=O)OC)c1ccc(OC)cc1. The van der Waals surface area contributed by atoms with Gasteiger partial charge in [-0.1, -0.05) is 12.1 Å². The Kier molecular flexibility index (Phi) is 5.03. The average molecular weight is 296 g/mol. The normalized spacial score (nSPS) is 12.9. The van der Waals surface area contributed by atoms with Gasteiger partial charge < -0.3 is 19.5 Å². The maximum Gasteiger partial charge on any atom is 0.408 e. The molecule has 1 atom stereocenters. The van der Waals surface area contributed by atoms with Crippen LogP contribution >= 0.6 is 0 Å². The van der Waals surface area contributed by atoms with E-state index in [1.165, 1.54) is 14.2 Å². The second kappa shape index (κ2) is 6.97. The van der Waals surface area contributed by atoms with Crippen LogP contribution in [0.15, 0.2) is 24.3 Å². The van der Waals surface area contributed by atoms with Gasteiger partial charge in [-0.3, -0.25) is 0 Å². The molecule has 6 heteroatoms. The van der Waals surface area contributed by atoms with Gasteiger partial charge in [0.1, 0.15) is 11.4 Å². The largest absolute Gasteiger partial charge is 0.497 e. The highest BCUT2D eigenvalue weighted by Crippen LogP contribution is 2.19. The summed E-state index contributed by atoms with van der Waals surface area (Å²) in [5.74, 6) is 0.0103. The number of hydrogen-bond acceptors (Lipinski definition) is 5. The molecular formula is C15H21NO5. The third kappa shape index (κ3) is 5.33. The molecular weight excluding hydrogens is 274 g/mol. The summed E-state index contributed by atoms with van der Waals surface area (Å²) >= 11 is 0. The van der Waals surface area contributed by atoms with E-state index in [2.05, 4.69) is 5.32 Å². The quantitative estimate of drug-likeness (QED) is 0.864. The van der Waals surface area contributed by atoms with Crippen molar-refractivity contribution in [3.05, 3.63) is 29.8 Å². The summed E-state index contributed by atoms with van der Waals surface area (Å²) in [4.78, 5) is 23.8. The molecule has 116 valence electrons. The summed E-state index contributed by atoms with van der Waals surface area (Å²) in [6.45, 7) is 3.13. The highest BCUT2D eigenvalue weighted by Gasteiger charge is 2.26. The molecule has 0 fully saturated rings. The molecule has 0 aromatic heterocycles. The van der Waals surface area contributed by atoms with Gasteiger partial charge in [0.2, 0.25) is 0 Å². The smallest absolute Gasteiger partial charge is 0.408 e. The Morgan fingerprint density at radius 1 is 1.24 bits per heavy atom. The van der Waals surface area contributed by atoms with Gasteiger partial charge in [0.05, 0.1) is 14.2 Å². The molecule has 6 nitrogen and oxygen atoms in total. The standard InChI is InChI=1S/C15H21NO5/c1-15(2,3)21-14(18)16-12(13(17)20-5)10-6-8-11(19-4)9-7-10/h6-9,12H,1-5H3,(H,16,18)/i1D. The first kappa shape index (κ1) is 15.2. The maximum absolute atomic E-state index is 11.9. The lowest BCUT2D eigenvalue weighted by Gasteiger charge is -2.22. The van der Waals surface area contributed by atoms with Crippen molar-refractivity contribution in [3.63, 3.8) is 0 Å². The molecule has 0 aliphatic heterocycles. The molecule has 0 aliphatic carbocycles. The van der Waals surface area contributed by atoms with E-state index in [0.29, 0.717) is 11.3 Å². The Labute approximate surface area is 125 Å². The van der Waals surface area contributed by atoms with Gasteiger partial charge in [-0.05, 0) is 38.4 Å². The first-order chi connectivity index (χ1) is 10.3. The highest BCUT2D eigenvalue weighted by molar-refractivity contribution is 5.82. The lowest BCUT2D eigenvalue weighted by Crippen LogP contribution is -2.38. The molecule has 1 aromatic rings. The van der Waals surface area contributed by atoms with E-state index < -0.39 is 23.7 Å². The van der Waals surface area contributed by atoms with Crippen LogP contribution in [0, 0.1) is 0 Å². The molecule has 1 N–H and O–H groups in total. The summed E-state index contributed by atoms with van der Waals surface area (Å²) in [5, 5.41) is 2.45. The highest BCUT2D eigenvalue weighted by atomic mass is 16.6. The Bertz CT molecular complexity index is 515. The van der Waals surface area contributed by atoms with Crippen molar-refractivity contribution in [2.24, 2.45) is 0 Å².